The molecule has 1 radical (unpaired) electrons. The summed E-state index contributed by atoms with van der Waals surface area (Å²) in [5, 5.41) is 4.31. The standard InChI is InChI=1S/C16H16N2O2S4.ClH.Fe/c19-15(21)17-11-5-1-3-7-13(11)23-9-10-24-14-8-4-2-6-12(14)18-16(20)22;;/h1-8H,9-10H2,(H2,17,19,21)(H2,18,20,22);1H;/q;;+3/p-3. The predicted molar refractivity (Wildman–Crippen MR) is 107 cm³/mol. The van der Waals surface area contributed by atoms with E-state index in [-0.39, 0.29) is 29.5 Å². The van der Waals surface area contributed by atoms with Gasteiger partial charge in [-0.2, -0.15) is 0 Å². The van der Waals surface area contributed by atoms with Crippen LogP contribution in [0.1, 0.15) is 0 Å². The molecule has 10 heteroatoms. The third-order valence-corrected chi connectivity index (χ3v) is 5.46. The van der Waals surface area contributed by atoms with Gasteiger partial charge in [0.2, 0.25) is 0 Å². The topological polar surface area (TPSA) is 58.2 Å². The summed E-state index contributed by atoms with van der Waals surface area (Å²) in [6.07, 6.45) is 0. The molecule has 4 nitrogen and oxygen atoms in total. The monoisotopic (exact) mass is 485 g/mol. The molecular formula is C16H14ClFeN2O2S4. The van der Waals surface area contributed by atoms with Gasteiger partial charge in [0.15, 0.2) is 0 Å². The van der Waals surface area contributed by atoms with Gasteiger partial charge in [-0.3, -0.25) is 0 Å². The zero-order valence-electron chi connectivity index (χ0n) is 13.2. The summed E-state index contributed by atoms with van der Waals surface area (Å²) in [7, 11) is 0. The third kappa shape index (κ3) is 8.81. The van der Waals surface area contributed by atoms with E-state index >= 15 is 0 Å². The molecule has 0 aromatic heterocycles. The maximum absolute atomic E-state index is 11.1. The van der Waals surface area contributed by atoms with Crippen molar-refractivity contribution in [2.24, 2.45) is 0 Å². The second-order valence-electron chi connectivity index (χ2n) is 4.51. The van der Waals surface area contributed by atoms with Gasteiger partial charge in [0.1, 0.15) is 10.5 Å². The van der Waals surface area contributed by atoms with Crippen molar-refractivity contribution in [2.75, 3.05) is 22.1 Å². The van der Waals surface area contributed by atoms with Crippen molar-refractivity contribution in [2.45, 2.75) is 9.79 Å². The van der Waals surface area contributed by atoms with Crippen LogP contribution in [0.4, 0.5) is 21.0 Å². The minimum absolute atomic E-state index is 0. The molecule has 2 aromatic rings. The van der Waals surface area contributed by atoms with Crippen molar-refractivity contribution in [1.29, 1.82) is 0 Å². The number of hydrogen-bond donors (Lipinski definition) is 2. The summed E-state index contributed by atoms with van der Waals surface area (Å²) in [5.74, 6) is 1.68. The van der Waals surface area contributed by atoms with E-state index in [4.69, 9.17) is 0 Å². The zero-order valence-corrected chi connectivity index (χ0v) is 18.3. The van der Waals surface area contributed by atoms with Gasteiger partial charge >= 0.3 is 17.1 Å². The Labute approximate surface area is 189 Å². The number of para-hydroxylation sites is 2. The van der Waals surface area contributed by atoms with Crippen LogP contribution in [0.5, 0.6) is 0 Å². The van der Waals surface area contributed by atoms with Crippen LogP contribution in [0.3, 0.4) is 0 Å². The van der Waals surface area contributed by atoms with Crippen LogP contribution in [0.2, 0.25) is 0 Å². The van der Waals surface area contributed by atoms with Crippen LogP contribution < -0.4 is 23.0 Å². The van der Waals surface area contributed by atoms with E-state index in [1.165, 1.54) is 0 Å². The molecule has 2 N–H and O–H groups in total. The van der Waals surface area contributed by atoms with Gasteiger partial charge in [0.25, 0.3) is 0 Å². The quantitative estimate of drug-likeness (QED) is 0.270. The molecule has 0 spiro atoms. The van der Waals surface area contributed by atoms with Crippen LogP contribution in [0, 0.1) is 0 Å². The van der Waals surface area contributed by atoms with Gasteiger partial charge in [-0.15, -0.1) is 23.5 Å². The maximum Gasteiger partial charge on any atom is 3.00 e. The van der Waals surface area contributed by atoms with Gasteiger partial charge in [-0.25, -0.2) is 0 Å². The Morgan fingerprint density at radius 1 is 0.769 bits per heavy atom. The van der Waals surface area contributed by atoms with Crippen LogP contribution >= 0.6 is 23.5 Å². The molecule has 26 heavy (non-hydrogen) atoms. The smallest absolute Gasteiger partial charge is 1.00 e. The van der Waals surface area contributed by atoms with Gasteiger partial charge in [-0.1, -0.05) is 24.3 Å². The fourth-order valence-corrected chi connectivity index (χ4v) is 4.14. The molecule has 0 aliphatic carbocycles. The number of rotatable bonds is 7. The number of amides is 2. The van der Waals surface area contributed by atoms with Crippen LogP contribution in [-0.2, 0) is 42.3 Å². The van der Waals surface area contributed by atoms with Crippen molar-refractivity contribution < 1.29 is 39.1 Å². The molecule has 0 saturated heterocycles. The van der Waals surface area contributed by atoms with Gasteiger partial charge in [-0.05, 0) is 24.3 Å². The average molecular weight is 486 g/mol. The SMILES string of the molecule is O=C([S-])Nc1ccccc1SCCSc1ccccc1NC(=O)[S-].[Cl-].[Fe+3]. The molecule has 0 saturated carbocycles. The average Bonchev–Trinajstić information content (AvgIpc) is 2.53. The van der Waals surface area contributed by atoms with Gasteiger partial charge < -0.3 is 57.9 Å². The first kappa shape index (κ1) is 25.3. The molecule has 0 atom stereocenters. The van der Waals surface area contributed by atoms with Crippen LogP contribution in [-0.4, -0.2) is 22.0 Å². The van der Waals surface area contributed by atoms with E-state index in [2.05, 4.69) is 35.9 Å². The summed E-state index contributed by atoms with van der Waals surface area (Å²) in [6.45, 7) is 0. The number of anilines is 2. The number of carbonyl (C=O) groups excluding carboxylic acids is 2. The van der Waals surface area contributed by atoms with E-state index in [1.54, 1.807) is 23.5 Å². The second-order valence-corrected chi connectivity index (χ2v) is 7.53. The normalized spacial score (nSPS) is 9.38. The van der Waals surface area contributed by atoms with E-state index < -0.39 is 10.5 Å². The molecular weight excluding hydrogens is 472 g/mol. The maximum atomic E-state index is 11.1. The molecule has 0 unspecified atom stereocenters. The van der Waals surface area contributed by atoms with Crippen molar-refractivity contribution in [3.63, 3.8) is 0 Å². The summed E-state index contributed by atoms with van der Waals surface area (Å²) >= 11 is 12.4. The molecule has 2 amide bonds. The zero-order chi connectivity index (χ0) is 17.4. The predicted octanol–water partition coefficient (Wildman–Crippen LogP) is 1.73. The molecule has 2 rings (SSSR count). The fraction of sp³-hybridized carbons (Fsp3) is 0.125. The van der Waals surface area contributed by atoms with E-state index in [0.717, 1.165) is 32.7 Å². The molecule has 0 aliphatic heterocycles. The Hall–Kier alpha value is -0.671. The minimum Gasteiger partial charge on any atom is -1.00 e. The summed E-state index contributed by atoms with van der Waals surface area (Å²) in [5.41, 5.74) is 1.46. The molecule has 0 fully saturated rings. The molecule has 139 valence electrons. The number of thioether (sulfide) groups is 2. The van der Waals surface area contributed by atoms with Crippen molar-refractivity contribution in [3.05, 3.63) is 48.5 Å². The first-order chi connectivity index (χ1) is 11.6. The van der Waals surface area contributed by atoms with Crippen molar-refractivity contribution in [3.8, 4) is 0 Å². The first-order valence-corrected chi connectivity index (χ1v) is 9.74. The summed E-state index contributed by atoms with van der Waals surface area (Å²) in [6, 6.07) is 15.1. The summed E-state index contributed by atoms with van der Waals surface area (Å²) in [4.78, 5) is 24.1. The number of carbonyl (C=O) groups is 2. The Kier molecular flexibility index (Phi) is 13.1. The van der Waals surface area contributed by atoms with Crippen LogP contribution in [0.25, 0.3) is 0 Å². The fourth-order valence-electron chi connectivity index (χ4n) is 1.91. The van der Waals surface area contributed by atoms with E-state index in [9.17, 15) is 9.59 Å². The largest absolute Gasteiger partial charge is 3.00 e. The second kappa shape index (κ2) is 13.5. The Morgan fingerprint density at radius 2 is 1.12 bits per heavy atom. The molecule has 0 bridgehead atoms. The minimum atomic E-state index is -0.494. The molecule has 0 heterocycles. The summed E-state index contributed by atoms with van der Waals surface area (Å²) < 4.78 is 0. The Balaban J connectivity index is 0.00000312. The van der Waals surface area contributed by atoms with Crippen molar-refractivity contribution in [1.82, 2.24) is 0 Å². The van der Waals surface area contributed by atoms with E-state index in [1.807, 2.05) is 48.5 Å². The number of hydrogen-bond acceptors (Lipinski definition) is 6. The van der Waals surface area contributed by atoms with Gasteiger partial charge in [0.05, 0.1) is 11.4 Å². The van der Waals surface area contributed by atoms with Gasteiger partial charge in [0, 0.05) is 21.3 Å². The third-order valence-electron chi connectivity index (χ3n) is 2.85. The molecule has 0 aliphatic rings. The first-order valence-electron chi connectivity index (χ1n) is 6.96. The van der Waals surface area contributed by atoms with Crippen LogP contribution in [0.15, 0.2) is 58.3 Å². The number of benzene rings is 2. The number of nitrogens with one attached hydrogen (secondary N) is 2. The van der Waals surface area contributed by atoms with E-state index in [0.29, 0.717) is 0 Å². The number of halogens is 1. The Bertz CT molecular complexity index is 675. The molecule has 2 aromatic carbocycles. The Morgan fingerprint density at radius 3 is 1.46 bits per heavy atom. The van der Waals surface area contributed by atoms with Crippen molar-refractivity contribution >= 4 is 70.6 Å².